The van der Waals surface area contributed by atoms with Gasteiger partial charge in [-0.1, -0.05) is 0 Å². The van der Waals surface area contributed by atoms with E-state index in [1.807, 2.05) is 0 Å². The van der Waals surface area contributed by atoms with Crippen molar-refractivity contribution < 1.29 is 9.57 Å². The SMILES string of the molecule is COC1[CH]NOC1. The molecule has 1 aliphatic heterocycles. The predicted octanol–water partition coefficient (Wildman–Crippen LogP) is -0.302. The molecule has 0 spiro atoms. The number of ether oxygens (including phenoxy) is 1. The number of hydrogen-bond acceptors (Lipinski definition) is 3. The maximum atomic E-state index is 4.87. The molecule has 1 fully saturated rings. The fraction of sp³-hybridized carbons (Fsp3) is 0.750. The number of rotatable bonds is 1. The van der Waals surface area contributed by atoms with Gasteiger partial charge in [0.05, 0.1) is 13.2 Å². The number of hydroxylamine groups is 1. The molecule has 0 bridgehead atoms. The van der Waals surface area contributed by atoms with Crippen LogP contribution in [0.2, 0.25) is 0 Å². The maximum Gasteiger partial charge on any atom is 0.102 e. The first-order chi connectivity index (χ1) is 3.43. The fourth-order valence-electron chi connectivity index (χ4n) is 0.438. The summed E-state index contributed by atoms with van der Waals surface area (Å²) in [5, 5.41) is 0. The zero-order valence-electron chi connectivity index (χ0n) is 4.18. The molecule has 3 heteroatoms. The van der Waals surface area contributed by atoms with Gasteiger partial charge in [0.15, 0.2) is 0 Å². The van der Waals surface area contributed by atoms with Crippen LogP contribution < -0.4 is 5.48 Å². The van der Waals surface area contributed by atoms with Crippen LogP contribution in [-0.4, -0.2) is 19.8 Å². The van der Waals surface area contributed by atoms with Crippen molar-refractivity contribution in [1.29, 1.82) is 0 Å². The van der Waals surface area contributed by atoms with Gasteiger partial charge in [-0.25, -0.2) is 0 Å². The minimum atomic E-state index is 0.139. The second-order valence-electron chi connectivity index (χ2n) is 1.37. The zero-order chi connectivity index (χ0) is 5.11. The van der Waals surface area contributed by atoms with Crippen molar-refractivity contribution in [3.05, 3.63) is 6.54 Å². The van der Waals surface area contributed by atoms with E-state index < -0.39 is 0 Å². The van der Waals surface area contributed by atoms with Gasteiger partial charge in [0, 0.05) is 7.11 Å². The Morgan fingerprint density at radius 2 is 2.86 bits per heavy atom. The highest BCUT2D eigenvalue weighted by atomic mass is 16.7. The third kappa shape index (κ3) is 1.12. The molecule has 1 N–H and O–H groups in total. The molecule has 1 aliphatic rings. The molecule has 0 aromatic heterocycles. The van der Waals surface area contributed by atoms with Crippen LogP contribution in [-0.2, 0) is 9.57 Å². The second kappa shape index (κ2) is 2.26. The molecular weight excluding hydrogens is 94.0 g/mol. The first-order valence-electron chi connectivity index (χ1n) is 2.17. The van der Waals surface area contributed by atoms with Crippen molar-refractivity contribution in [2.24, 2.45) is 0 Å². The van der Waals surface area contributed by atoms with Gasteiger partial charge >= 0.3 is 0 Å². The van der Waals surface area contributed by atoms with E-state index in [1.54, 1.807) is 13.7 Å². The van der Waals surface area contributed by atoms with Crippen molar-refractivity contribution in [3.8, 4) is 0 Å². The maximum absolute atomic E-state index is 4.87. The summed E-state index contributed by atoms with van der Waals surface area (Å²) in [5.41, 5.74) is 2.57. The van der Waals surface area contributed by atoms with E-state index in [0.717, 1.165) is 0 Å². The average molecular weight is 102 g/mol. The lowest BCUT2D eigenvalue weighted by Gasteiger charge is -1.98. The summed E-state index contributed by atoms with van der Waals surface area (Å²) >= 11 is 0. The Balaban J connectivity index is 2.14. The Kier molecular flexibility index (Phi) is 1.62. The van der Waals surface area contributed by atoms with Gasteiger partial charge in [-0.15, -0.1) is 0 Å². The molecule has 3 nitrogen and oxygen atoms in total. The highest BCUT2D eigenvalue weighted by Crippen LogP contribution is 1.98. The van der Waals surface area contributed by atoms with E-state index in [-0.39, 0.29) is 6.10 Å². The Labute approximate surface area is 42.6 Å². The van der Waals surface area contributed by atoms with Gasteiger partial charge in [0.1, 0.15) is 6.10 Å². The third-order valence-electron chi connectivity index (χ3n) is 0.888. The molecular formula is C4H8NO2. The molecule has 0 aromatic rings. The van der Waals surface area contributed by atoms with Crippen LogP contribution in [0.4, 0.5) is 0 Å². The van der Waals surface area contributed by atoms with Crippen LogP contribution in [0, 0.1) is 6.54 Å². The quantitative estimate of drug-likeness (QED) is 0.493. The van der Waals surface area contributed by atoms with E-state index >= 15 is 0 Å². The summed E-state index contributed by atoms with van der Waals surface area (Å²) in [5.74, 6) is 0. The summed E-state index contributed by atoms with van der Waals surface area (Å²) in [4.78, 5) is 4.72. The molecule has 0 aromatic carbocycles. The van der Waals surface area contributed by atoms with Crippen LogP contribution >= 0.6 is 0 Å². The van der Waals surface area contributed by atoms with Crippen molar-refractivity contribution in [2.45, 2.75) is 6.10 Å². The van der Waals surface area contributed by atoms with Gasteiger partial charge in [0.25, 0.3) is 0 Å². The van der Waals surface area contributed by atoms with Crippen LogP contribution in [0.25, 0.3) is 0 Å². The number of hydrogen-bond donors (Lipinski definition) is 1. The lowest BCUT2D eigenvalue weighted by atomic mass is 10.4. The Morgan fingerprint density at radius 3 is 3.14 bits per heavy atom. The third-order valence-corrected chi connectivity index (χ3v) is 0.888. The monoisotopic (exact) mass is 102 g/mol. The van der Waals surface area contributed by atoms with E-state index in [1.165, 1.54) is 0 Å². The fourth-order valence-corrected chi connectivity index (χ4v) is 0.438. The van der Waals surface area contributed by atoms with E-state index in [4.69, 9.17) is 9.57 Å². The highest BCUT2D eigenvalue weighted by molar-refractivity contribution is 4.74. The Bertz CT molecular complexity index is 51.7. The lowest BCUT2D eigenvalue weighted by molar-refractivity contribution is 0.0611. The van der Waals surface area contributed by atoms with Crippen molar-refractivity contribution in [2.75, 3.05) is 13.7 Å². The van der Waals surface area contributed by atoms with Crippen molar-refractivity contribution >= 4 is 0 Å². The van der Waals surface area contributed by atoms with Gasteiger partial charge in [-0.3, -0.25) is 4.84 Å². The first-order valence-corrected chi connectivity index (χ1v) is 2.17. The van der Waals surface area contributed by atoms with Crippen molar-refractivity contribution in [1.82, 2.24) is 5.48 Å². The average Bonchev–Trinajstić information content (AvgIpc) is 2.14. The molecule has 41 valence electrons. The normalized spacial score (nSPS) is 31.3. The molecule has 1 saturated heterocycles. The molecule has 7 heavy (non-hydrogen) atoms. The number of methoxy groups -OCH3 is 1. The molecule has 1 heterocycles. The molecule has 1 unspecified atom stereocenters. The summed E-state index contributed by atoms with van der Waals surface area (Å²) in [7, 11) is 1.65. The largest absolute Gasteiger partial charge is 0.377 e. The molecule has 0 saturated carbocycles. The van der Waals surface area contributed by atoms with E-state index in [0.29, 0.717) is 6.61 Å². The molecule has 1 rings (SSSR count). The first kappa shape index (κ1) is 5.03. The van der Waals surface area contributed by atoms with Crippen LogP contribution in [0.15, 0.2) is 0 Å². The van der Waals surface area contributed by atoms with Gasteiger partial charge < -0.3 is 4.74 Å². The highest BCUT2D eigenvalue weighted by Gasteiger charge is 2.13. The lowest BCUT2D eigenvalue weighted by Crippen LogP contribution is -2.09. The van der Waals surface area contributed by atoms with Crippen molar-refractivity contribution in [3.63, 3.8) is 0 Å². The smallest absolute Gasteiger partial charge is 0.102 e. The van der Waals surface area contributed by atoms with Crippen LogP contribution in [0.1, 0.15) is 0 Å². The predicted molar refractivity (Wildman–Crippen MR) is 24.2 cm³/mol. The molecule has 0 aliphatic carbocycles. The van der Waals surface area contributed by atoms with E-state index in [9.17, 15) is 0 Å². The summed E-state index contributed by atoms with van der Waals surface area (Å²) < 4.78 is 4.87. The minimum absolute atomic E-state index is 0.139. The van der Waals surface area contributed by atoms with Crippen LogP contribution in [0.3, 0.4) is 0 Å². The summed E-state index contributed by atoms with van der Waals surface area (Å²) in [6, 6.07) is 0. The minimum Gasteiger partial charge on any atom is -0.377 e. The van der Waals surface area contributed by atoms with Crippen LogP contribution in [0.5, 0.6) is 0 Å². The Hall–Kier alpha value is -0.120. The van der Waals surface area contributed by atoms with Gasteiger partial charge in [-0.05, 0) is 0 Å². The topological polar surface area (TPSA) is 30.5 Å². The summed E-state index contributed by atoms with van der Waals surface area (Å²) in [6.45, 7) is 2.39. The molecule has 1 atom stereocenters. The standard InChI is InChI=1S/C4H8NO2/c1-6-4-2-5-7-3-4/h2,4-5H,3H2,1H3. The van der Waals surface area contributed by atoms with Gasteiger partial charge in [-0.2, -0.15) is 5.48 Å². The second-order valence-corrected chi connectivity index (χ2v) is 1.37. The summed E-state index contributed by atoms with van der Waals surface area (Å²) in [6.07, 6.45) is 0.139. The molecule has 1 radical (unpaired) electrons. The number of nitrogens with one attached hydrogen (secondary N) is 1. The Morgan fingerprint density at radius 1 is 2.00 bits per heavy atom. The van der Waals surface area contributed by atoms with Gasteiger partial charge in [0.2, 0.25) is 0 Å². The molecule has 0 amide bonds. The van der Waals surface area contributed by atoms with E-state index in [2.05, 4.69) is 5.48 Å². The zero-order valence-corrected chi connectivity index (χ0v) is 4.18.